The largest absolute Gasteiger partial charge is 0.388 e. The fourth-order valence-electron chi connectivity index (χ4n) is 2.01. The van der Waals surface area contributed by atoms with Gasteiger partial charge in [-0.2, -0.15) is 0 Å². The lowest BCUT2D eigenvalue weighted by atomic mass is 10.1. The molecule has 2 rings (SSSR count). The van der Waals surface area contributed by atoms with Gasteiger partial charge in [0.1, 0.15) is 5.82 Å². The maximum Gasteiger partial charge on any atom is 0.125 e. The summed E-state index contributed by atoms with van der Waals surface area (Å²) in [6, 6.07) is 13.6. The van der Waals surface area contributed by atoms with Gasteiger partial charge in [0.25, 0.3) is 0 Å². The molecule has 1 N–H and O–H groups in total. The van der Waals surface area contributed by atoms with Crippen LogP contribution < -0.4 is 4.90 Å². The molecule has 0 aliphatic rings. The third-order valence-corrected chi connectivity index (χ3v) is 3.49. The van der Waals surface area contributed by atoms with Crippen LogP contribution in [-0.4, -0.2) is 18.7 Å². The zero-order valence-corrected chi connectivity index (χ0v) is 12.0. The van der Waals surface area contributed by atoms with Crippen molar-refractivity contribution in [3.63, 3.8) is 0 Å². The zero-order chi connectivity index (χ0) is 14.5. The first kappa shape index (κ1) is 14.8. The Hall–Kier alpha value is -1.58. The Morgan fingerprint density at radius 2 is 1.90 bits per heavy atom. The number of hydrogen-bond donors (Lipinski definition) is 1. The maximum absolute atomic E-state index is 13.1. The number of aliphatic hydroxyl groups is 1. The van der Waals surface area contributed by atoms with E-state index in [1.165, 1.54) is 12.1 Å². The molecule has 2 nitrogen and oxygen atoms in total. The number of halogens is 2. The molecular weight excluding hydrogens is 277 g/mol. The number of nitrogens with zero attached hydrogens (tertiary/aromatic N) is 1. The van der Waals surface area contributed by atoms with Gasteiger partial charge in [-0.3, -0.25) is 0 Å². The van der Waals surface area contributed by atoms with Gasteiger partial charge in [-0.25, -0.2) is 4.39 Å². The number of hydrogen-bond acceptors (Lipinski definition) is 2. The Kier molecular flexibility index (Phi) is 4.99. The minimum Gasteiger partial charge on any atom is -0.388 e. The third-order valence-electron chi connectivity index (χ3n) is 3.24. The first-order valence-corrected chi connectivity index (χ1v) is 6.84. The van der Waals surface area contributed by atoms with Crippen LogP contribution in [0, 0.1) is 5.82 Å². The molecule has 4 heteroatoms. The van der Waals surface area contributed by atoms with Crippen LogP contribution in [-0.2, 0) is 0 Å². The zero-order valence-electron chi connectivity index (χ0n) is 11.3. The number of aliphatic hydroxyl groups excluding tert-OH is 1. The van der Waals surface area contributed by atoms with Gasteiger partial charge in [-0.15, -0.1) is 0 Å². The lowest BCUT2D eigenvalue weighted by molar-refractivity contribution is 0.170. The van der Waals surface area contributed by atoms with E-state index in [2.05, 4.69) is 0 Å². The van der Waals surface area contributed by atoms with E-state index in [0.29, 0.717) is 18.0 Å². The van der Waals surface area contributed by atoms with Crippen molar-refractivity contribution in [1.29, 1.82) is 0 Å². The van der Waals surface area contributed by atoms with Crippen molar-refractivity contribution in [2.75, 3.05) is 18.5 Å². The molecule has 0 aromatic heterocycles. The second kappa shape index (κ2) is 6.73. The van der Waals surface area contributed by atoms with Crippen LogP contribution in [0.2, 0.25) is 5.02 Å². The average Bonchev–Trinajstić information content (AvgIpc) is 2.45. The quantitative estimate of drug-likeness (QED) is 0.899. The lowest BCUT2D eigenvalue weighted by Crippen LogP contribution is -2.20. The predicted octanol–water partition coefficient (Wildman–Crippen LogP) is 4.04. The van der Waals surface area contributed by atoms with Crippen LogP contribution >= 0.6 is 11.6 Å². The number of rotatable bonds is 5. The standard InChI is InChI=1S/C16H17ClFNO/c1-19(15-4-2-3-14(18)11-15)10-9-16(20)12-5-7-13(17)8-6-12/h2-8,11,16,20H,9-10H2,1H3. The third kappa shape index (κ3) is 3.95. The molecule has 0 aliphatic heterocycles. The van der Waals surface area contributed by atoms with Crippen LogP contribution in [0.4, 0.5) is 10.1 Å². The van der Waals surface area contributed by atoms with E-state index in [1.54, 1.807) is 18.2 Å². The smallest absolute Gasteiger partial charge is 0.125 e. The summed E-state index contributed by atoms with van der Waals surface area (Å²) in [6.45, 7) is 0.632. The normalized spacial score (nSPS) is 12.2. The SMILES string of the molecule is CN(CCC(O)c1ccc(Cl)cc1)c1cccc(F)c1. The first-order chi connectivity index (χ1) is 9.56. The molecule has 0 aliphatic carbocycles. The number of anilines is 1. The predicted molar refractivity (Wildman–Crippen MR) is 80.7 cm³/mol. The van der Waals surface area contributed by atoms with Crippen molar-refractivity contribution >= 4 is 17.3 Å². The van der Waals surface area contributed by atoms with Gasteiger partial charge in [0.2, 0.25) is 0 Å². The highest BCUT2D eigenvalue weighted by Crippen LogP contribution is 2.21. The molecule has 0 radical (unpaired) electrons. The van der Waals surface area contributed by atoms with Gasteiger partial charge in [0.15, 0.2) is 0 Å². The van der Waals surface area contributed by atoms with E-state index in [4.69, 9.17) is 11.6 Å². The van der Waals surface area contributed by atoms with Crippen molar-refractivity contribution in [3.05, 3.63) is 64.9 Å². The molecule has 1 unspecified atom stereocenters. The Morgan fingerprint density at radius 3 is 2.55 bits per heavy atom. The summed E-state index contributed by atoms with van der Waals surface area (Å²) in [6.07, 6.45) is 0.0116. The lowest BCUT2D eigenvalue weighted by Gasteiger charge is -2.21. The molecule has 0 saturated carbocycles. The number of benzene rings is 2. The second-order valence-corrected chi connectivity index (χ2v) is 5.19. The molecular formula is C16H17ClFNO. The minimum absolute atomic E-state index is 0.257. The van der Waals surface area contributed by atoms with Gasteiger partial charge >= 0.3 is 0 Å². The van der Waals surface area contributed by atoms with Crippen LogP contribution in [0.1, 0.15) is 18.1 Å². The summed E-state index contributed by atoms with van der Waals surface area (Å²) in [4.78, 5) is 1.92. The summed E-state index contributed by atoms with van der Waals surface area (Å²) in [7, 11) is 1.88. The van der Waals surface area contributed by atoms with Crippen molar-refractivity contribution < 1.29 is 9.50 Å². The Morgan fingerprint density at radius 1 is 1.20 bits per heavy atom. The Labute approximate surface area is 123 Å². The molecule has 0 saturated heterocycles. The Balaban J connectivity index is 1.93. The highest BCUT2D eigenvalue weighted by Gasteiger charge is 2.09. The molecule has 20 heavy (non-hydrogen) atoms. The summed E-state index contributed by atoms with van der Waals surface area (Å²) in [5.74, 6) is -0.257. The molecule has 106 valence electrons. The van der Waals surface area contributed by atoms with Gasteiger partial charge in [-0.1, -0.05) is 29.8 Å². The van der Waals surface area contributed by atoms with Crippen molar-refractivity contribution in [3.8, 4) is 0 Å². The van der Waals surface area contributed by atoms with E-state index in [-0.39, 0.29) is 5.82 Å². The minimum atomic E-state index is -0.553. The van der Waals surface area contributed by atoms with Crippen LogP contribution in [0.25, 0.3) is 0 Å². The summed E-state index contributed by atoms with van der Waals surface area (Å²) in [5.41, 5.74) is 1.63. The molecule has 1 atom stereocenters. The van der Waals surface area contributed by atoms with Gasteiger partial charge in [0, 0.05) is 24.3 Å². The fraction of sp³-hybridized carbons (Fsp3) is 0.250. The van der Waals surface area contributed by atoms with Gasteiger partial charge in [-0.05, 0) is 42.3 Å². The van der Waals surface area contributed by atoms with E-state index in [9.17, 15) is 9.50 Å². The summed E-state index contributed by atoms with van der Waals surface area (Å²) < 4.78 is 13.1. The molecule has 2 aromatic rings. The van der Waals surface area contributed by atoms with E-state index in [1.807, 2.05) is 30.1 Å². The van der Waals surface area contributed by atoms with Gasteiger partial charge < -0.3 is 10.0 Å². The van der Waals surface area contributed by atoms with Crippen LogP contribution in [0.15, 0.2) is 48.5 Å². The van der Waals surface area contributed by atoms with Crippen molar-refractivity contribution in [2.24, 2.45) is 0 Å². The monoisotopic (exact) mass is 293 g/mol. The maximum atomic E-state index is 13.1. The average molecular weight is 294 g/mol. The van der Waals surface area contributed by atoms with Gasteiger partial charge in [0.05, 0.1) is 6.10 Å². The topological polar surface area (TPSA) is 23.5 Å². The van der Waals surface area contributed by atoms with Crippen LogP contribution in [0.5, 0.6) is 0 Å². The highest BCUT2D eigenvalue weighted by molar-refractivity contribution is 6.30. The molecule has 0 spiro atoms. The van der Waals surface area contributed by atoms with Crippen LogP contribution in [0.3, 0.4) is 0 Å². The summed E-state index contributed by atoms with van der Waals surface area (Å²) in [5, 5.41) is 10.8. The highest BCUT2D eigenvalue weighted by atomic mass is 35.5. The molecule has 0 heterocycles. The Bertz CT molecular complexity index is 559. The van der Waals surface area contributed by atoms with E-state index >= 15 is 0 Å². The second-order valence-electron chi connectivity index (χ2n) is 4.76. The van der Waals surface area contributed by atoms with E-state index in [0.717, 1.165) is 11.3 Å². The summed E-state index contributed by atoms with van der Waals surface area (Å²) >= 11 is 5.81. The molecule has 0 fully saturated rings. The molecule has 0 amide bonds. The van der Waals surface area contributed by atoms with Crippen molar-refractivity contribution in [1.82, 2.24) is 0 Å². The van der Waals surface area contributed by atoms with Crippen molar-refractivity contribution in [2.45, 2.75) is 12.5 Å². The molecule has 0 bridgehead atoms. The van der Waals surface area contributed by atoms with E-state index < -0.39 is 6.10 Å². The first-order valence-electron chi connectivity index (χ1n) is 6.46. The fourth-order valence-corrected chi connectivity index (χ4v) is 2.14. The molecule has 2 aromatic carbocycles.